The van der Waals surface area contributed by atoms with E-state index >= 15 is 0 Å². The van der Waals surface area contributed by atoms with Gasteiger partial charge in [0.1, 0.15) is 11.6 Å². The number of benzene rings is 1. The zero-order valence-corrected chi connectivity index (χ0v) is 11.5. The van der Waals surface area contributed by atoms with Gasteiger partial charge in [-0.05, 0) is 19.1 Å². The fourth-order valence-corrected chi connectivity index (χ4v) is 1.87. The molecule has 0 saturated heterocycles. The summed E-state index contributed by atoms with van der Waals surface area (Å²) in [5.41, 5.74) is 0.507. The Morgan fingerprint density at radius 3 is 2.76 bits per heavy atom. The van der Waals surface area contributed by atoms with Gasteiger partial charge in [-0.1, -0.05) is 12.1 Å². The minimum absolute atomic E-state index is 0.171. The number of imidazole rings is 1. The number of hydrogen-bond donors (Lipinski definition) is 1. The largest absolute Gasteiger partial charge is 0.482 e. The Morgan fingerprint density at radius 1 is 1.29 bits per heavy atom. The molecule has 1 aromatic heterocycles. The van der Waals surface area contributed by atoms with Crippen molar-refractivity contribution in [2.45, 2.75) is 26.2 Å². The highest BCUT2D eigenvalue weighted by atomic mass is 19.4. The molecule has 0 aliphatic heterocycles. The molecule has 0 bridgehead atoms. The van der Waals surface area contributed by atoms with Gasteiger partial charge < -0.3 is 14.6 Å². The van der Waals surface area contributed by atoms with Gasteiger partial charge in [-0.2, -0.15) is 13.2 Å². The molecule has 0 aliphatic carbocycles. The van der Waals surface area contributed by atoms with Crippen LogP contribution in [0.5, 0.6) is 5.75 Å². The highest BCUT2D eigenvalue weighted by molar-refractivity contribution is 5.56. The molecule has 0 unspecified atom stereocenters. The van der Waals surface area contributed by atoms with Gasteiger partial charge in [0.25, 0.3) is 0 Å². The molecule has 2 rings (SSSR count). The van der Waals surface area contributed by atoms with Crippen molar-refractivity contribution in [2.24, 2.45) is 0 Å². The molecule has 4 nitrogen and oxygen atoms in total. The van der Waals surface area contributed by atoms with E-state index in [4.69, 9.17) is 4.74 Å². The zero-order chi connectivity index (χ0) is 15.3. The van der Waals surface area contributed by atoms with E-state index in [1.54, 1.807) is 24.4 Å². The highest BCUT2D eigenvalue weighted by Gasteiger charge is 2.28. The minimum atomic E-state index is -4.36. The predicted octanol–water partition coefficient (Wildman–Crippen LogP) is 3.46. The monoisotopic (exact) mass is 299 g/mol. The number of para-hydroxylation sites is 2. The van der Waals surface area contributed by atoms with E-state index in [0.717, 1.165) is 12.4 Å². The minimum Gasteiger partial charge on any atom is -0.482 e. The van der Waals surface area contributed by atoms with Crippen molar-refractivity contribution in [1.82, 2.24) is 9.55 Å². The summed E-state index contributed by atoms with van der Waals surface area (Å²) in [6, 6.07) is 6.53. The second kappa shape index (κ2) is 6.51. The molecule has 2 aromatic rings. The summed E-state index contributed by atoms with van der Waals surface area (Å²) in [6.07, 6.45) is -0.818. The number of aromatic nitrogens is 2. The number of nitrogens with zero attached hydrogens (tertiary/aromatic N) is 2. The van der Waals surface area contributed by atoms with Gasteiger partial charge in [-0.25, -0.2) is 4.98 Å². The number of hydrogen-bond acceptors (Lipinski definition) is 3. The first kappa shape index (κ1) is 15.2. The van der Waals surface area contributed by atoms with Gasteiger partial charge in [0.15, 0.2) is 6.61 Å². The Balaban J connectivity index is 2.03. The van der Waals surface area contributed by atoms with Crippen molar-refractivity contribution in [3.63, 3.8) is 0 Å². The van der Waals surface area contributed by atoms with Crippen LogP contribution in [0, 0.1) is 0 Å². The first-order valence-electron chi connectivity index (χ1n) is 6.52. The second-order valence-corrected chi connectivity index (χ2v) is 4.38. The maximum absolute atomic E-state index is 12.2. The van der Waals surface area contributed by atoms with E-state index in [9.17, 15) is 13.2 Å². The molecule has 7 heteroatoms. The summed E-state index contributed by atoms with van der Waals surface area (Å²) in [4.78, 5) is 4.20. The number of aryl methyl sites for hydroxylation is 1. The first-order valence-corrected chi connectivity index (χ1v) is 6.52. The summed E-state index contributed by atoms with van der Waals surface area (Å²) < 4.78 is 43.4. The average Bonchev–Trinajstić information content (AvgIpc) is 2.90. The fraction of sp³-hybridized carbons (Fsp3) is 0.357. The Bertz CT molecular complexity index is 581. The van der Waals surface area contributed by atoms with Crippen LogP contribution in [0.2, 0.25) is 0 Å². The van der Waals surface area contributed by atoms with E-state index < -0.39 is 12.8 Å². The van der Waals surface area contributed by atoms with Crippen molar-refractivity contribution >= 4 is 5.69 Å². The topological polar surface area (TPSA) is 39.1 Å². The van der Waals surface area contributed by atoms with E-state index in [-0.39, 0.29) is 5.75 Å². The standard InChI is InChI=1S/C14H16F3N3O/c1-2-20-8-7-18-13(20)9-19-11-5-3-4-6-12(11)21-10-14(15,16)17/h3-8,19H,2,9-10H2,1H3. The number of alkyl halides is 3. The van der Waals surface area contributed by atoms with Crippen LogP contribution < -0.4 is 10.1 Å². The van der Waals surface area contributed by atoms with Crippen LogP contribution in [0.15, 0.2) is 36.7 Å². The molecule has 0 amide bonds. The first-order chi connectivity index (χ1) is 9.99. The third-order valence-electron chi connectivity index (χ3n) is 2.86. The molecule has 1 N–H and O–H groups in total. The molecule has 21 heavy (non-hydrogen) atoms. The van der Waals surface area contributed by atoms with Crippen molar-refractivity contribution in [3.8, 4) is 5.75 Å². The Labute approximate surface area is 120 Å². The van der Waals surface area contributed by atoms with Crippen molar-refractivity contribution in [3.05, 3.63) is 42.5 Å². The lowest BCUT2D eigenvalue weighted by Crippen LogP contribution is -2.19. The lowest BCUT2D eigenvalue weighted by molar-refractivity contribution is -0.153. The predicted molar refractivity (Wildman–Crippen MR) is 73.2 cm³/mol. The number of ether oxygens (including phenoxy) is 1. The van der Waals surface area contributed by atoms with Gasteiger partial charge in [-0.15, -0.1) is 0 Å². The molecule has 1 aromatic carbocycles. The molecular weight excluding hydrogens is 283 g/mol. The Hall–Kier alpha value is -2.18. The second-order valence-electron chi connectivity index (χ2n) is 4.38. The maximum atomic E-state index is 12.2. The quantitative estimate of drug-likeness (QED) is 0.888. The van der Waals surface area contributed by atoms with Crippen LogP contribution >= 0.6 is 0 Å². The summed E-state index contributed by atoms with van der Waals surface area (Å²) in [5.74, 6) is 0.979. The summed E-state index contributed by atoms with van der Waals surface area (Å²) in [5, 5.41) is 3.05. The normalized spacial score (nSPS) is 11.4. The van der Waals surface area contributed by atoms with Crippen LogP contribution in [0.4, 0.5) is 18.9 Å². The van der Waals surface area contributed by atoms with Gasteiger partial charge >= 0.3 is 6.18 Å². The van der Waals surface area contributed by atoms with Crippen LogP contribution in [0.3, 0.4) is 0 Å². The maximum Gasteiger partial charge on any atom is 0.422 e. The molecule has 0 spiro atoms. The fourth-order valence-electron chi connectivity index (χ4n) is 1.87. The lowest BCUT2D eigenvalue weighted by Gasteiger charge is -2.14. The number of anilines is 1. The molecule has 114 valence electrons. The SMILES string of the molecule is CCn1ccnc1CNc1ccccc1OCC(F)(F)F. The smallest absolute Gasteiger partial charge is 0.422 e. The average molecular weight is 299 g/mol. The summed E-state index contributed by atoms with van der Waals surface area (Å²) in [6.45, 7) is 1.87. The molecule has 0 saturated carbocycles. The van der Waals surface area contributed by atoms with Gasteiger partial charge in [0, 0.05) is 18.9 Å². The highest BCUT2D eigenvalue weighted by Crippen LogP contribution is 2.26. The van der Waals surface area contributed by atoms with Crippen LogP contribution in [-0.4, -0.2) is 22.3 Å². The zero-order valence-electron chi connectivity index (χ0n) is 11.5. The Kier molecular flexibility index (Phi) is 4.72. The van der Waals surface area contributed by atoms with Crippen LogP contribution in [-0.2, 0) is 13.1 Å². The van der Waals surface area contributed by atoms with Crippen molar-refractivity contribution < 1.29 is 17.9 Å². The molecule has 0 atom stereocenters. The third kappa shape index (κ3) is 4.40. The van der Waals surface area contributed by atoms with Crippen LogP contribution in [0.1, 0.15) is 12.7 Å². The van der Waals surface area contributed by atoms with Crippen molar-refractivity contribution in [1.29, 1.82) is 0 Å². The third-order valence-corrected chi connectivity index (χ3v) is 2.86. The van der Waals surface area contributed by atoms with Gasteiger partial charge in [-0.3, -0.25) is 0 Å². The molecule has 0 aliphatic rings. The van der Waals surface area contributed by atoms with Gasteiger partial charge in [0.2, 0.25) is 0 Å². The molecule has 0 radical (unpaired) electrons. The summed E-state index contributed by atoms with van der Waals surface area (Å²) in [7, 11) is 0. The van der Waals surface area contributed by atoms with Gasteiger partial charge in [0.05, 0.1) is 12.2 Å². The number of rotatable bonds is 6. The van der Waals surface area contributed by atoms with E-state index in [2.05, 4.69) is 10.3 Å². The van der Waals surface area contributed by atoms with Crippen molar-refractivity contribution in [2.75, 3.05) is 11.9 Å². The van der Waals surface area contributed by atoms with E-state index in [0.29, 0.717) is 12.2 Å². The van der Waals surface area contributed by atoms with E-state index in [1.807, 2.05) is 17.7 Å². The number of halogens is 3. The van der Waals surface area contributed by atoms with E-state index in [1.165, 1.54) is 6.07 Å². The van der Waals surface area contributed by atoms with Crippen LogP contribution in [0.25, 0.3) is 0 Å². The Morgan fingerprint density at radius 2 is 2.05 bits per heavy atom. The lowest BCUT2D eigenvalue weighted by atomic mass is 10.3. The number of nitrogens with one attached hydrogen (secondary N) is 1. The molecule has 1 heterocycles. The summed E-state index contributed by atoms with van der Waals surface area (Å²) >= 11 is 0. The molecular formula is C14H16F3N3O. The molecule has 0 fully saturated rings.